The van der Waals surface area contributed by atoms with E-state index in [1.807, 2.05) is 54.6 Å². The second-order valence-corrected chi connectivity index (χ2v) is 7.60. The summed E-state index contributed by atoms with van der Waals surface area (Å²) in [5.74, 6) is -2.52. The molecule has 13 nitrogen and oxygen atoms in total. The van der Waals surface area contributed by atoms with Gasteiger partial charge < -0.3 is 48.0 Å². The lowest BCUT2D eigenvalue weighted by Gasteiger charge is -2.36. The number of nitrogens with one attached hydrogen (secondary N) is 1. The monoisotopic (exact) mass is 518 g/mol. The van der Waals surface area contributed by atoms with Crippen LogP contribution in [0.3, 0.4) is 0 Å². The molecule has 0 unspecified atom stereocenters. The van der Waals surface area contributed by atoms with Crippen molar-refractivity contribution < 1.29 is 57.5 Å². The topological polar surface area (TPSA) is 296 Å². The number of fused-ring (bicyclic) bond motifs is 1. The Morgan fingerprint density at radius 1 is 0.889 bits per heavy atom. The summed E-state index contributed by atoms with van der Waals surface area (Å²) in [6.45, 7) is 1.78. The molecule has 0 radical (unpaired) electrons. The minimum absolute atomic E-state index is 0. The van der Waals surface area contributed by atoms with Gasteiger partial charge in [-0.2, -0.15) is 0 Å². The van der Waals surface area contributed by atoms with Crippen LogP contribution in [0.5, 0.6) is 0 Å². The molecule has 13 heteroatoms. The zero-order chi connectivity index (χ0) is 21.7. The molecule has 15 N–H and O–H groups in total. The Morgan fingerprint density at radius 3 is 1.94 bits per heavy atom. The molecule has 0 saturated heterocycles. The Labute approximate surface area is 208 Å². The fraction of sp³-hybridized carbons (Fsp3) is 0.348. The molecule has 36 heavy (non-hydrogen) atoms. The van der Waals surface area contributed by atoms with Gasteiger partial charge in [-0.3, -0.25) is 14.9 Å². The van der Waals surface area contributed by atoms with Gasteiger partial charge in [-0.1, -0.05) is 54.6 Å². The molecule has 3 rings (SSSR count). The first-order valence-corrected chi connectivity index (χ1v) is 9.99. The molecule has 1 heterocycles. The number of hydrogen-bond donors (Lipinski definition) is 3. The maximum absolute atomic E-state index is 13.1. The van der Waals surface area contributed by atoms with Crippen LogP contribution in [-0.2, 0) is 33.8 Å². The number of benzene rings is 2. The number of aliphatic carboxylic acids is 2. The average molecular weight is 519 g/mol. The van der Waals surface area contributed by atoms with Crippen molar-refractivity contribution in [3.63, 3.8) is 0 Å². The van der Waals surface area contributed by atoms with Gasteiger partial charge in [0.05, 0.1) is 6.04 Å². The number of carbonyl (C=O) groups excluding carboxylic acids is 1. The van der Waals surface area contributed by atoms with Crippen molar-refractivity contribution in [3.8, 4) is 0 Å². The minimum Gasteiger partial charge on any atom is -0.480 e. The molecule has 0 spiro atoms. The van der Waals surface area contributed by atoms with Crippen LogP contribution < -0.4 is 5.32 Å². The SMILES string of the molecule is C[C@H](N[C@@H](CCc1ccccc1)C(=O)O)C(=O)N1Cc2ccccc2C[C@H]1C(=O)O.O.O.O.O.O.O. The molecular formula is C23H38N2O11. The van der Waals surface area contributed by atoms with E-state index in [1.54, 1.807) is 6.92 Å². The molecule has 2 aromatic rings. The largest absolute Gasteiger partial charge is 0.480 e. The van der Waals surface area contributed by atoms with Gasteiger partial charge in [0.2, 0.25) is 5.91 Å². The van der Waals surface area contributed by atoms with Crippen molar-refractivity contribution in [2.75, 3.05) is 0 Å². The van der Waals surface area contributed by atoms with Crippen LogP contribution in [0.4, 0.5) is 0 Å². The third kappa shape index (κ3) is 9.67. The summed E-state index contributed by atoms with van der Waals surface area (Å²) >= 11 is 0. The highest BCUT2D eigenvalue weighted by molar-refractivity contribution is 5.88. The van der Waals surface area contributed by atoms with Crippen molar-refractivity contribution in [2.45, 2.75) is 50.9 Å². The summed E-state index contributed by atoms with van der Waals surface area (Å²) in [7, 11) is 0. The average Bonchev–Trinajstić information content (AvgIpc) is 2.75. The summed E-state index contributed by atoms with van der Waals surface area (Å²) < 4.78 is 0. The Balaban J connectivity index is -0.000000853. The standard InChI is InChI=1S/C23H26N2O5.6H2O/c1-15(24-19(22(27)28)12-11-16-7-3-2-4-8-16)21(26)25-14-18-10-6-5-9-17(18)13-20(25)23(29)30;;;;;;/h2-10,15,19-20,24H,11-14H2,1H3,(H,27,28)(H,29,30);6*1H2/t15-,19-,20-;;;;;;/m0....../s1. The second-order valence-electron chi connectivity index (χ2n) is 7.60. The fourth-order valence-electron chi connectivity index (χ4n) is 3.83. The first-order valence-electron chi connectivity index (χ1n) is 9.99. The third-order valence-electron chi connectivity index (χ3n) is 5.50. The smallest absolute Gasteiger partial charge is 0.326 e. The van der Waals surface area contributed by atoms with Crippen molar-refractivity contribution in [1.82, 2.24) is 10.2 Å². The van der Waals surface area contributed by atoms with E-state index >= 15 is 0 Å². The zero-order valence-corrected chi connectivity index (χ0v) is 19.8. The predicted molar refractivity (Wildman–Crippen MR) is 133 cm³/mol. The van der Waals surface area contributed by atoms with Crippen LogP contribution in [0, 0.1) is 0 Å². The summed E-state index contributed by atoms with van der Waals surface area (Å²) in [6.07, 6.45) is 1.11. The highest BCUT2D eigenvalue weighted by Gasteiger charge is 2.37. The van der Waals surface area contributed by atoms with E-state index in [4.69, 9.17) is 0 Å². The molecule has 0 saturated carbocycles. The van der Waals surface area contributed by atoms with Crippen LogP contribution in [0.2, 0.25) is 0 Å². The number of carbonyl (C=O) groups is 3. The third-order valence-corrected chi connectivity index (χ3v) is 5.50. The number of carboxylic acids is 2. The van der Waals surface area contributed by atoms with Crippen LogP contribution >= 0.6 is 0 Å². The van der Waals surface area contributed by atoms with E-state index < -0.39 is 36.0 Å². The molecule has 1 aliphatic heterocycles. The molecule has 3 atom stereocenters. The van der Waals surface area contributed by atoms with Crippen molar-refractivity contribution >= 4 is 17.8 Å². The summed E-state index contributed by atoms with van der Waals surface area (Å²) in [5, 5.41) is 22.1. The molecular weight excluding hydrogens is 480 g/mol. The van der Waals surface area contributed by atoms with Gasteiger partial charge in [0.15, 0.2) is 0 Å². The van der Waals surface area contributed by atoms with Crippen LogP contribution in [0.25, 0.3) is 0 Å². The van der Waals surface area contributed by atoms with Gasteiger partial charge in [0.25, 0.3) is 0 Å². The molecule has 1 amide bonds. The number of aryl methyl sites for hydroxylation is 1. The van der Waals surface area contributed by atoms with E-state index in [9.17, 15) is 24.6 Å². The van der Waals surface area contributed by atoms with Gasteiger partial charge >= 0.3 is 11.9 Å². The van der Waals surface area contributed by atoms with Crippen LogP contribution in [0.1, 0.15) is 30.0 Å². The lowest BCUT2D eigenvalue weighted by atomic mass is 9.93. The minimum atomic E-state index is -1.07. The van der Waals surface area contributed by atoms with E-state index in [0.717, 1.165) is 16.7 Å². The van der Waals surface area contributed by atoms with E-state index in [-0.39, 0.29) is 45.8 Å². The summed E-state index contributed by atoms with van der Waals surface area (Å²) in [5.41, 5.74) is 2.85. The van der Waals surface area contributed by atoms with E-state index in [2.05, 4.69) is 5.32 Å². The van der Waals surface area contributed by atoms with E-state index in [1.165, 1.54) is 4.90 Å². The number of nitrogens with zero attached hydrogens (tertiary/aromatic N) is 1. The normalized spacial score (nSPS) is 14.7. The maximum Gasteiger partial charge on any atom is 0.326 e. The number of carboxylic acid groups (broad SMARTS) is 2. The van der Waals surface area contributed by atoms with Gasteiger partial charge in [-0.15, -0.1) is 0 Å². The molecule has 0 bridgehead atoms. The van der Waals surface area contributed by atoms with E-state index in [0.29, 0.717) is 12.8 Å². The summed E-state index contributed by atoms with van der Waals surface area (Å²) in [6, 6.07) is 14.3. The second kappa shape index (κ2) is 17.9. The fourth-order valence-corrected chi connectivity index (χ4v) is 3.83. The molecule has 0 fully saturated rings. The molecule has 0 aliphatic carbocycles. The zero-order valence-electron chi connectivity index (χ0n) is 19.8. The number of rotatable bonds is 8. The molecule has 0 aromatic heterocycles. The highest BCUT2D eigenvalue weighted by atomic mass is 16.4. The predicted octanol–water partition coefficient (Wildman–Crippen LogP) is -2.86. The Bertz CT molecular complexity index is 927. The van der Waals surface area contributed by atoms with Gasteiger partial charge in [0.1, 0.15) is 12.1 Å². The Hall–Kier alpha value is -3.43. The number of amides is 1. The summed E-state index contributed by atoms with van der Waals surface area (Å²) in [4.78, 5) is 37.9. The maximum atomic E-state index is 13.1. The first kappa shape index (κ1) is 39.8. The Morgan fingerprint density at radius 2 is 1.42 bits per heavy atom. The van der Waals surface area contributed by atoms with Gasteiger partial charge in [-0.05, 0) is 36.5 Å². The van der Waals surface area contributed by atoms with Crippen LogP contribution in [-0.4, -0.2) is 83.9 Å². The van der Waals surface area contributed by atoms with Crippen molar-refractivity contribution in [1.29, 1.82) is 0 Å². The highest BCUT2D eigenvalue weighted by Crippen LogP contribution is 2.24. The van der Waals surface area contributed by atoms with Gasteiger partial charge in [0, 0.05) is 13.0 Å². The first-order chi connectivity index (χ1) is 14.4. The lowest BCUT2D eigenvalue weighted by molar-refractivity contribution is -0.152. The van der Waals surface area contributed by atoms with Crippen molar-refractivity contribution in [3.05, 3.63) is 71.3 Å². The van der Waals surface area contributed by atoms with Gasteiger partial charge in [-0.25, -0.2) is 4.79 Å². The van der Waals surface area contributed by atoms with Crippen molar-refractivity contribution in [2.24, 2.45) is 0 Å². The number of hydrogen-bond acceptors (Lipinski definition) is 4. The quantitative estimate of drug-likeness (QED) is 0.330. The lowest BCUT2D eigenvalue weighted by Crippen LogP contribution is -2.56. The molecule has 1 aliphatic rings. The molecule has 206 valence electrons. The Kier molecular flexibility index (Phi) is 19.8. The van der Waals surface area contributed by atoms with Crippen LogP contribution in [0.15, 0.2) is 54.6 Å². The molecule has 2 aromatic carbocycles.